The summed E-state index contributed by atoms with van der Waals surface area (Å²) in [5.41, 5.74) is 3.24. The van der Waals surface area contributed by atoms with Crippen molar-refractivity contribution in [3.63, 3.8) is 0 Å². The number of benzene rings is 1. The molecule has 0 aliphatic heterocycles. The number of para-hydroxylation sites is 1. The highest BCUT2D eigenvalue weighted by atomic mass is 16.5. The number of hydrogen-bond donors (Lipinski definition) is 2. The van der Waals surface area contributed by atoms with E-state index in [1.807, 2.05) is 0 Å². The summed E-state index contributed by atoms with van der Waals surface area (Å²) in [6.45, 7) is 1.08. The monoisotopic (exact) mass is 209 g/mol. The lowest BCUT2D eigenvalue weighted by Gasteiger charge is -2.16. The quantitative estimate of drug-likeness (QED) is 0.427. The standard InChI is InChI=1S/C10H11NO4/c1-10(11,8(12)13)9(14)15-7-5-3-2-4-6-7/h2-6H,11H2,1H3,(H,12,13)/t10-/m0/s1. The van der Waals surface area contributed by atoms with Crippen molar-refractivity contribution >= 4 is 11.9 Å². The van der Waals surface area contributed by atoms with E-state index >= 15 is 0 Å². The average molecular weight is 209 g/mol. The van der Waals surface area contributed by atoms with Crippen LogP contribution in [0.25, 0.3) is 0 Å². The zero-order valence-corrected chi connectivity index (χ0v) is 8.14. The van der Waals surface area contributed by atoms with E-state index in [1.54, 1.807) is 18.2 Å². The molecule has 0 saturated heterocycles. The van der Waals surface area contributed by atoms with Gasteiger partial charge in [0.25, 0.3) is 0 Å². The maximum absolute atomic E-state index is 11.3. The summed E-state index contributed by atoms with van der Waals surface area (Å²) in [5, 5.41) is 8.66. The molecule has 0 aliphatic rings. The minimum Gasteiger partial charge on any atom is -0.479 e. The van der Waals surface area contributed by atoms with E-state index in [-0.39, 0.29) is 5.75 Å². The van der Waals surface area contributed by atoms with E-state index in [9.17, 15) is 9.59 Å². The van der Waals surface area contributed by atoms with E-state index in [0.29, 0.717) is 0 Å². The van der Waals surface area contributed by atoms with Gasteiger partial charge < -0.3 is 15.6 Å². The summed E-state index contributed by atoms with van der Waals surface area (Å²) in [5.74, 6) is -2.16. The van der Waals surface area contributed by atoms with Crippen LogP contribution in [0.2, 0.25) is 0 Å². The fourth-order valence-electron chi connectivity index (χ4n) is 0.789. The molecule has 0 amide bonds. The Morgan fingerprint density at radius 2 is 1.87 bits per heavy atom. The van der Waals surface area contributed by atoms with Crippen molar-refractivity contribution in [2.45, 2.75) is 12.5 Å². The Labute approximate surface area is 86.5 Å². The van der Waals surface area contributed by atoms with Gasteiger partial charge in [0.1, 0.15) is 5.75 Å². The lowest BCUT2D eigenvalue weighted by molar-refractivity contribution is -0.154. The normalized spacial score (nSPS) is 14.0. The van der Waals surface area contributed by atoms with Crippen molar-refractivity contribution < 1.29 is 19.4 Å². The highest BCUT2D eigenvalue weighted by Crippen LogP contribution is 2.12. The second-order valence-corrected chi connectivity index (χ2v) is 3.21. The Bertz CT molecular complexity index is 372. The smallest absolute Gasteiger partial charge is 0.342 e. The Morgan fingerprint density at radius 1 is 1.33 bits per heavy atom. The molecule has 0 heterocycles. The minimum atomic E-state index is -2.03. The fourth-order valence-corrected chi connectivity index (χ4v) is 0.789. The van der Waals surface area contributed by atoms with E-state index in [2.05, 4.69) is 0 Å². The van der Waals surface area contributed by atoms with Crippen LogP contribution in [0.4, 0.5) is 0 Å². The molecular weight excluding hydrogens is 198 g/mol. The van der Waals surface area contributed by atoms with Gasteiger partial charge in [-0.05, 0) is 19.1 Å². The third kappa shape index (κ3) is 2.54. The molecule has 0 aliphatic carbocycles. The average Bonchev–Trinajstić information content (AvgIpc) is 2.18. The number of nitrogens with two attached hydrogens (primary N) is 1. The van der Waals surface area contributed by atoms with Gasteiger partial charge in [0.15, 0.2) is 0 Å². The first kappa shape index (κ1) is 11.2. The van der Waals surface area contributed by atoms with Crippen LogP contribution in [0, 0.1) is 0 Å². The van der Waals surface area contributed by atoms with E-state index < -0.39 is 17.5 Å². The molecule has 1 rings (SSSR count). The largest absolute Gasteiger partial charge is 0.479 e. The molecule has 80 valence electrons. The molecule has 1 atom stereocenters. The van der Waals surface area contributed by atoms with Crippen LogP contribution in [0.3, 0.4) is 0 Å². The summed E-state index contributed by atoms with van der Waals surface area (Å²) in [6, 6.07) is 8.15. The molecule has 0 unspecified atom stereocenters. The minimum absolute atomic E-state index is 0.264. The number of esters is 1. The summed E-state index contributed by atoms with van der Waals surface area (Å²) in [6.07, 6.45) is 0. The molecule has 0 bridgehead atoms. The van der Waals surface area contributed by atoms with Gasteiger partial charge in [-0.2, -0.15) is 0 Å². The molecule has 0 radical (unpaired) electrons. The second kappa shape index (κ2) is 4.10. The lowest BCUT2D eigenvalue weighted by atomic mass is 10.1. The molecule has 15 heavy (non-hydrogen) atoms. The van der Waals surface area contributed by atoms with Crippen LogP contribution in [0.15, 0.2) is 30.3 Å². The number of aliphatic carboxylic acids is 1. The predicted octanol–water partition coefficient (Wildman–Crippen LogP) is 0.394. The Kier molecular flexibility index (Phi) is 3.06. The number of carboxylic acids is 1. The summed E-state index contributed by atoms with van der Waals surface area (Å²) >= 11 is 0. The van der Waals surface area contributed by atoms with Crippen molar-refractivity contribution in [1.82, 2.24) is 0 Å². The summed E-state index contributed by atoms with van der Waals surface area (Å²) in [7, 11) is 0. The van der Waals surface area contributed by atoms with Crippen LogP contribution < -0.4 is 10.5 Å². The summed E-state index contributed by atoms with van der Waals surface area (Å²) < 4.78 is 4.80. The Morgan fingerprint density at radius 3 is 2.33 bits per heavy atom. The SMILES string of the molecule is C[C@](N)(C(=O)O)C(=O)Oc1ccccc1. The molecule has 5 nitrogen and oxygen atoms in total. The number of hydrogen-bond acceptors (Lipinski definition) is 4. The molecule has 1 aromatic rings. The van der Waals surface area contributed by atoms with Gasteiger partial charge >= 0.3 is 11.9 Å². The number of carbonyl (C=O) groups is 2. The fraction of sp³-hybridized carbons (Fsp3) is 0.200. The zero-order valence-electron chi connectivity index (χ0n) is 8.14. The lowest BCUT2D eigenvalue weighted by Crippen LogP contribution is -2.54. The molecule has 0 fully saturated rings. The molecule has 1 aromatic carbocycles. The van der Waals surface area contributed by atoms with E-state index in [1.165, 1.54) is 12.1 Å². The maximum atomic E-state index is 11.3. The van der Waals surface area contributed by atoms with Gasteiger partial charge in [-0.25, -0.2) is 9.59 Å². The third-order valence-corrected chi connectivity index (χ3v) is 1.82. The topological polar surface area (TPSA) is 89.6 Å². The first-order chi connectivity index (χ1) is 6.94. The molecule has 3 N–H and O–H groups in total. The van der Waals surface area contributed by atoms with Crippen molar-refractivity contribution in [2.24, 2.45) is 5.73 Å². The third-order valence-electron chi connectivity index (χ3n) is 1.82. The van der Waals surface area contributed by atoms with Gasteiger partial charge in [-0.3, -0.25) is 0 Å². The molecule has 5 heteroatoms. The number of ether oxygens (including phenoxy) is 1. The molecule has 0 saturated carbocycles. The zero-order chi connectivity index (χ0) is 11.5. The summed E-state index contributed by atoms with van der Waals surface area (Å²) in [4.78, 5) is 22.0. The number of carboxylic acid groups (broad SMARTS) is 1. The van der Waals surface area contributed by atoms with Crippen LogP contribution >= 0.6 is 0 Å². The van der Waals surface area contributed by atoms with E-state index in [4.69, 9.17) is 15.6 Å². The molecule has 0 aromatic heterocycles. The molecule has 0 spiro atoms. The first-order valence-electron chi connectivity index (χ1n) is 4.24. The Balaban J connectivity index is 2.77. The molecular formula is C10H11NO4. The second-order valence-electron chi connectivity index (χ2n) is 3.21. The van der Waals surface area contributed by atoms with Crippen LogP contribution in [0.5, 0.6) is 5.75 Å². The maximum Gasteiger partial charge on any atom is 0.342 e. The number of carbonyl (C=O) groups excluding carboxylic acids is 1. The van der Waals surface area contributed by atoms with Crippen molar-refractivity contribution in [3.8, 4) is 5.75 Å². The Hall–Kier alpha value is -1.88. The van der Waals surface area contributed by atoms with Gasteiger partial charge in [0.05, 0.1) is 0 Å². The van der Waals surface area contributed by atoms with E-state index in [0.717, 1.165) is 6.92 Å². The van der Waals surface area contributed by atoms with Crippen molar-refractivity contribution in [2.75, 3.05) is 0 Å². The first-order valence-corrected chi connectivity index (χ1v) is 4.24. The van der Waals surface area contributed by atoms with Gasteiger partial charge in [0.2, 0.25) is 5.54 Å². The van der Waals surface area contributed by atoms with Crippen molar-refractivity contribution in [1.29, 1.82) is 0 Å². The van der Waals surface area contributed by atoms with Crippen LogP contribution in [-0.4, -0.2) is 22.6 Å². The highest BCUT2D eigenvalue weighted by molar-refractivity contribution is 6.03. The van der Waals surface area contributed by atoms with Crippen molar-refractivity contribution in [3.05, 3.63) is 30.3 Å². The van der Waals surface area contributed by atoms with Crippen LogP contribution in [0.1, 0.15) is 6.92 Å². The van der Waals surface area contributed by atoms with Crippen LogP contribution in [-0.2, 0) is 9.59 Å². The van der Waals surface area contributed by atoms with Gasteiger partial charge in [-0.1, -0.05) is 18.2 Å². The van der Waals surface area contributed by atoms with Gasteiger partial charge in [0, 0.05) is 0 Å². The van der Waals surface area contributed by atoms with Gasteiger partial charge in [-0.15, -0.1) is 0 Å². The highest BCUT2D eigenvalue weighted by Gasteiger charge is 2.39. The predicted molar refractivity (Wildman–Crippen MR) is 52.3 cm³/mol. The number of rotatable bonds is 3.